The van der Waals surface area contributed by atoms with Gasteiger partial charge in [-0.2, -0.15) is 0 Å². The van der Waals surface area contributed by atoms with Crippen LogP contribution in [0.2, 0.25) is 5.02 Å². The average molecular weight is 293 g/mol. The van der Waals surface area contributed by atoms with E-state index in [1.807, 2.05) is 12.1 Å². The van der Waals surface area contributed by atoms with E-state index < -0.39 is 12.0 Å². The Morgan fingerprint density at radius 2 is 2.33 bits per heavy atom. The summed E-state index contributed by atoms with van der Waals surface area (Å²) < 4.78 is 0.905. The lowest BCUT2D eigenvalue weighted by molar-refractivity contribution is -0.139. The number of benzene rings is 1. The van der Waals surface area contributed by atoms with Gasteiger partial charge in [0.2, 0.25) is 0 Å². The van der Waals surface area contributed by atoms with Crippen LogP contribution >= 0.6 is 27.5 Å². The Labute approximate surface area is 102 Å². The highest BCUT2D eigenvalue weighted by atomic mass is 79.9. The molecule has 0 fully saturated rings. The Morgan fingerprint density at radius 1 is 1.67 bits per heavy atom. The van der Waals surface area contributed by atoms with Crippen LogP contribution in [0.15, 0.2) is 22.7 Å². The summed E-state index contributed by atoms with van der Waals surface area (Å²) in [4.78, 5) is 10.6. The molecule has 0 aliphatic rings. The summed E-state index contributed by atoms with van der Waals surface area (Å²) >= 11 is 9.28. The molecule has 0 aliphatic carbocycles. The number of nitrogens with one attached hydrogen (secondary N) is 1. The summed E-state index contributed by atoms with van der Waals surface area (Å²) in [5.41, 5.74) is 0.882. The lowest BCUT2D eigenvalue weighted by atomic mass is 10.2. The second-order valence-electron chi connectivity index (χ2n) is 3.18. The van der Waals surface area contributed by atoms with Crippen molar-refractivity contribution in [2.75, 3.05) is 0 Å². The van der Waals surface area contributed by atoms with Gasteiger partial charge in [-0.3, -0.25) is 4.79 Å². The van der Waals surface area contributed by atoms with Gasteiger partial charge in [0.15, 0.2) is 0 Å². The van der Waals surface area contributed by atoms with Crippen molar-refractivity contribution in [1.82, 2.24) is 5.32 Å². The van der Waals surface area contributed by atoms with E-state index in [2.05, 4.69) is 21.2 Å². The lowest BCUT2D eigenvalue weighted by Crippen LogP contribution is -2.33. The molecule has 0 saturated carbocycles. The van der Waals surface area contributed by atoms with Crippen LogP contribution in [0.25, 0.3) is 0 Å². The molecule has 1 aromatic carbocycles. The van der Waals surface area contributed by atoms with Gasteiger partial charge in [0.05, 0.1) is 0 Å². The number of hydrogen-bond acceptors (Lipinski definition) is 2. The SMILES string of the molecule is CC(NCc1ccc(Br)cc1Cl)C(=O)O. The minimum absolute atomic E-state index is 0.444. The molecule has 15 heavy (non-hydrogen) atoms. The number of carboxylic acids is 1. The Kier molecular flexibility index (Phi) is 4.57. The lowest BCUT2D eigenvalue weighted by Gasteiger charge is -2.10. The van der Waals surface area contributed by atoms with Gasteiger partial charge in [-0.1, -0.05) is 33.6 Å². The summed E-state index contributed by atoms with van der Waals surface area (Å²) in [5.74, 6) is -0.872. The summed E-state index contributed by atoms with van der Waals surface area (Å²) in [7, 11) is 0. The van der Waals surface area contributed by atoms with E-state index in [4.69, 9.17) is 16.7 Å². The molecule has 0 radical (unpaired) electrons. The van der Waals surface area contributed by atoms with Gasteiger partial charge in [0.25, 0.3) is 0 Å². The first-order valence-electron chi connectivity index (χ1n) is 4.41. The zero-order chi connectivity index (χ0) is 11.4. The Hall–Kier alpha value is -0.580. The standard InChI is InChI=1S/C10H11BrClNO2/c1-6(10(14)15)13-5-7-2-3-8(11)4-9(7)12/h2-4,6,13H,5H2,1H3,(H,14,15). The van der Waals surface area contributed by atoms with E-state index in [1.165, 1.54) is 0 Å². The van der Waals surface area contributed by atoms with Gasteiger partial charge in [-0.15, -0.1) is 0 Å². The number of carbonyl (C=O) groups is 1. The van der Waals surface area contributed by atoms with E-state index >= 15 is 0 Å². The second kappa shape index (κ2) is 5.49. The molecule has 2 N–H and O–H groups in total. The van der Waals surface area contributed by atoms with Gasteiger partial charge in [0, 0.05) is 16.0 Å². The maximum atomic E-state index is 10.6. The van der Waals surface area contributed by atoms with Crippen LogP contribution in [0.4, 0.5) is 0 Å². The third-order valence-corrected chi connectivity index (χ3v) is 2.83. The van der Waals surface area contributed by atoms with Crippen LogP contribution < -0.4 is 5.32 Å². The normalized spacial score (nSPS) is 12.5. The molecule has 0 heterocycles. The fraction of sp³-hybridized carbons (Fsp3) is 0.300. The van der Waals surface area contributed by atoms with Crippen molar-refractivity contribution in [1.29, 1.82) is 0 Å². The van der Waals surface area contributed by atoms with Crippen molar-refractivity contribution in [2.45, 2.75) is 19.5 Å². The van der Waals surface area contributed by atoms with Crippen LogP contribution in [-0.2, 0) is 11.3 Å². The zero-order valence-electron chi connectivity index (χ0n) is 8.13. The van der Waals surface area contributed by atoms with Gasteiger partial charge >= 0.3 is 5.97 Å². The Bertz CT molecular complexity index is 370. The number of aliphatic carboxylic acids is 1. The summed E-state index contributed by atoms with van der Waals surface area (Å²) in [5, 5.41) is 12.1. The highest BCUT2D eigenvalue weighted by Crippen LogP contribution is 2.21. The van der Waals surface area contributed by atoms with Crippen molar-refractivity contribution in [2.24, 2.45) is 0 Å². The molecule has 0 saturated heterocycles. The average Bonchev–Trinajstić information content (AvgIpc) is 2.15. The molecule has 82 valence electrons. The van der Waals surface area contributed by atoms with Crippen molar-refractivity contribution in [3.63, 3.8) is 0 Å². The molecule has 0 amide bonds. The van der Waals surface area contributed by atoms with Gasteiger partial charge in [0.1, 0.15) is 6.04 Å². The van der Waals surface area contributed by atoms with Gasteiger partial charge in [-0.05, 0) is 24.6 Å². The topological polar surface area (TPSA) is 49.3 Å². The van der Waals surface area contributed by atoms with Crippen LogP contribution in [0.5, 0.6) is 0 Å². The Morgan fingerprint density at radius 3 is 2.87 bits per heavy atom. The molecule has 0 spiro atoms. The number of halogens is 2. The molecule has 0 bridgehead atoms. The summed E-state index contributed by atoms with van der Waals surface area (Å²) in [6, 6.07) is 4.93. The van der Waals surface area contributed by atoms with Crippen LogP contribution in [0.1, 0.15) is 12.5 Å². The minimum atomic E-state index is -0.872. The molecular weight excluding hydrogens is 281 g/mol. The second-order valence-corrected chi connectivity index (χ2v) is 4.50. The number of carboxylic acid groups (broad SMARTS) is 1. The predicted octanol–water partition coefficient (Wildman–Crippen LogP) is 2.67. The van der Waals surface area contributed by atoms with Crippen LogP contribution in [0, 0.1) is 0 Å². The van der Waals surface area contributed by atoms with Crippen LogP contribution in [-0.4, -0.2) is 17.1 Å². The molecule has 3 nitrogen and oxygen atoms in total. The molecule has 0 aromatic heterocycles. The van der Waals surface area contributed by atoms with E-state index in [1.54, 1.807) is 13.0 Å². The fourth-order valence-electron chi connectivity index (χ4n) is 1.02. The largest absolute Gasteiger partial charge is 0.480 e. The quantitative estimate of drug-likeness (QED) is 0.897. The Balaban J connectivity index is 2.62. The maximum absolute atomic E-state index is 10.6. The molecule has 1 aromatic rings. The van der Waals surface area contributed by atoms with Crippen molar-refractivity contribution < 1.29 is 9.90 Å². The molecule has 1 unspecified atom stereocenters. The third kappa shape index (κ3) is 3.81. The highest BCUT2D eigenvalue weighted by Gasteiger charge is 2.10. The molecular formula is C10H11BrClNO2. The highest BCUT2D eigenvalue weighted by molar-refractivity contribution is 9.10. The van der Waals surface area contributed by atoms with E-state index in [0.717, 1.165) is 10.0 Å². The molecule has 0 aliphatic heterocycles. The smallest absolute Gasteiger partial charge is 0.320 e. The first kappa shape index (κ1) is 12.5. The van der Waals surface area contributed by atoms with Crippen LogP contribution in [0.3, 0.4) is 0 Å². The first-order chi connectivity index (χ1) is 7.00. The zero-order valence-corrected chi connectivity index (χ0v) is 10.5. The van der Waals surface area contributed by atoms with Gasteiger partial charge < -0.3 is 10.4 Å². The van der Waals surface area contributed by atoms with Gasteiger partial charge in [-0.25, -0.2) is 0 Å². The number of hydrogen-bond donors (Lipinski definition) is 2. The van der Waals surface area contributed by atoms with E-state index in [-0.39, 0.29) is 0 Å². The number of rotatable bonds is 4. The first-order valence-corrected chi connectivity index (χ1v) is 5.58. The van der Waals surface area contributed by atoms with Crippen molar-refractivity contribution in [3.8, 4) is 0 Å². The van der Waals surface area contributed by atoms with E-state index in [9.17, 15) is 4.79 Å². The maximum Gasteiger partial charge on any atom is 0.320 e. The minimum Gasteiger partial charge on any atom is -0.480 e. The van der Waals surface area contributed by atoms with E-state index in [0.29, 0.717) is 11.6 Å². The molecule has 1 atom stereocenters. The van der Waals surface area contributed by atoms with Crippen molar-refractivity contribution in [3.05, 3.63) is 33.3 Å². The molecule has 5 heteroatoms. The third-order valence-electron chi connectivity index (χ3n) is 1.98. The fourth-order valence-corrected chi connectivity index (χ4v) is 1.76. The summed E-state index contributed by atoms with van der Waals surface area (Å²) in [6.45, 7) is 2.04. The molecule has 1 rings (SSSR count). The van der Waals surface area contributed by atoms with Crippen molar-refractivity contribution >= 4 is 33.5 Å². The predicted molar refractivity (Wildman–Crippen MR) is 63.1 cm³/mol. The monoisotopic (exact) mass is 291 g/mol. The summed E-state index contributed by atoms with van der Waals surface area (Å²) in [6.07, 6.45) is 0.